The van der Waals surface area contributed by atoms with Crippen molar-refractivity contribution in [3.63, 3.8) is 0 Å². The van der Waals surface area contributed by atoms with Crippen molar-refractivity contribution in [2.24, 2.45) is 0 Å². The number of aliphatic carboxylic acids is 4. The molecule has 2 unspecified atom stereocenters. The van der Waals surface area contributed by atoms with Crippen LogP contribution in [0.5, 0.6) is 46.0 Å². The second-order valence-corrected chi connectivity index (χ2v) is 30.3. The van der Waals surface area contributed by atoms with Gasteiger partial charge in [-0.05, 0) is 71.2 Å². The van der Waals surface area contributed by atoms with Gasteiger partial charge in [-0.2, -0.15) is 33.7 Å². The Kier molecular flexibility index (Phi) is 33.6. The van der Waals surface area contributed by atoms with E-state index in [0.717, 1.165) is 31.7 Å². The number of aliphatic hydroxyl groups excluding tert-OH is 4. The maximum absolute atomic E-state index is 16.0. The molecular formula is C60H72N4Na4O36S4. The van der Waals surface area contributed by atoms with E-state index in [1.54, 1.807) is 0 Å². The van der Waals surface area contributed by atoms with Gasteiger partial charge in [0.25, 0.3) is 0 Å². The Morgan fingerprint density at radius 1 is 0.343 bits per heavy atom. The van der Waals surface area contributed by atoms with Crippen molar-refractivity contribution >= 4 is 65.5 Å². The zero-order valence-corrected chi connectivity index (χ0v) is 69.4. The van der Waals surface area contributed by atoms with Gasteiger partial charge in [0.05, 0.1) is 62.0 Å². The number of nitrogens with zero attached hydrogens (tertiary/aromatic N) is 4. The monoisotopic (exact) mass is 1640 g/mol. The molecule has 40 nitrogen and oxygen atoms in total. The van der Waals surface area contributed by atoms with Crippen LogP contribution in [0.15, 0.2) is 24.3 Å². The molecule has 108 heavy (non-hydrogen) atoms. The third-order valence-corrected chi connectivity index (χ3v) is 21.2. The standard InChI is InChI=1S/C60H76N4O36S4.4Na/c65-25-9-45(57(77)78)61(17-25)21-41-49(69)33-13-35(51(41)71)30(2-6-98-102(88,89)90)37-15-39(55(75)43(53(37)73)23-63-19-27(67)11-47(63)59(81)82)32(4-8-100-104(94,95)96)40-16-38(54(74)44(56(40)76)24-64-20-28(68)12-48(64)60(83)84)31(3-7-99-103(91,92)93)36-14-34(29(33)1-5-97-101(85,86)87)50(70)42(52(36)72)22-62-18-26(66)10-46(62)58(79)80;;;;/h13-16,25-32,45-48,65-76H,1-12,17-24H2,(H,77,78)(H,79,80)(H,81,82)(H,83,84)(H,85,86,87)(H,88,89,90)(H,91,92,93)(H,94,95,96);;;;/q;4*+1/p-4/t25-,26-,27-,28-,29?,30?,31?,32?,45+,46+,47+,48+;;;;/m0..../s1. The summed E-state index contributed by atoms with van der Waals surface area (Å²) < 4.78 is 159. The molecule has 0 saturated carbocycles. The molecule has 48 heteroatoms. The van der Waals surface area contributed by atoms with Crippen molar-refractivity contribution in [2.45, 2.75) is 150 Å². The Balaban J connectivity index is 0.00000523. The van der Waals surface area contributed by atoms with Crippen LogP contribution in [0.4, 0.5) is 0 Å². The van der Waals surface area contributed by atoms with Crippen LogP contribution >= 0.6 is 0 Å². The summed E-state index contributed by atoms with van der Waals surface area (Å²) in [6, 6.07) is -4.00. The van der Waals surface area contributed by atoms with Crippen molar-refractivity contribution in [3.8, 4) is 46.0 Å². The summed E-state index contributed by atoms with van der Waals surface area (Å²) in [7, 11) is -22.3. The Bertz CT molecular complexity index is 3820. The molecule has 4 saturated heterocycles. The van der Waals surface area contributed by atoms with Gasteiger partial charge in [-0.3, -0.25) is 57.0 Å². The van der Waals surface area contributed by atoms with E-state index in [4.69, 9.17) is 16.7 Å². The number of phenolic OH excluding ortho intramolecular Hbond substituents is 4. The quantitative estimate of drug-likeness (QED) is 0.0185. The summed E-state index contributed by atoms with van der Waals surface area (Å²) in [4.78, 5) is 55.3. The van der Waals surface area contributed by atoms with E-state index in [0.29, 0.717) is 12.1 Å². The number of carbonyl (C=O) groups is 4. The van der Waals surface area contributed by atoms with Crippen LogP contribution < -0.4 is 139 Å². The Labute approximate surface area is 705 Å². The number of likely N-dealkylation sites (tertiary alicyclic amines) is 4. The van der Waals surface area contributed by atoms with E-state index in [2.05, 4.69) is 0 Å². The van der Waals surface area contributed by atoms with Crippen LogP contribution in [-0.4, -0.2) is 258 Å². The zero-order chi connectivity index (χ0) is 76.9. The second-order valence-electron chi connectivity index (χ2n) is 25.9. The van der Waals surface area contributed by atoms with E-state index in [9.17, 15) is 132 Å². The molecule has 4 aromatic rings. The predicted molar refractivity (Wildman–Crippen MR) is 336 cm³/mol. The summed E-state index contributed by atoms with van der Waals surface area (Å²) in [6.07, 6.45) is -12.5. The van der Waals surface area contributed by atoms with E-state index in [-0.39, 0.29) is 118 Å². The molecule has 1 aliphatic carbocycles. The van der Waals surface area contributed by atoms with Crippen LogP contribution in [-0.2, 0) is 104 Å². The number of phenols is 4. The summed E-state index contributed by atoms with van der Waals surface area (Å²) in [5.74, 6) is -26.3. The van der Waals surface area contributed by atoms with Crippen LogP contribution in [0, 0.1) is 0 Å². The van der Waals surface area contributed by atoms with Gasteiger partial charge in [0.1, 0.15) is 47.2 Å². The van der Waals surface area contributed by atoms with E-state index in [1.165, 1.54) is 0 Å². The molecular weight excluding hydrogens is 1570 g/mol. The van der Waals surface area contributed by atoms with E-state index < -0.39 is 381 Å². The van der Waals surface area contributed by atoms with Crippen molar-refractivity contribution in [1.29, 1.82) is 0 Å². The van der Waals surface area contributed by atoms with Gasteiger partial charge < -0.3 is 81.7 Å². The summed E-state index contributed by atoms with van der Waals surface area (Å²) in [6.45, 7) is -11.9. The fraction of sp³-hybridized carbons (Fsp3) is 0.533. The van der Waals surface area contributed by atoms with Gasteiger partial charge in [0.15, 0.2) is 0 Å². The van der Waals surface area contributed by atoms with Crippen molar-refractivity contribution in [3.05, 3.63) is 91.0 Å². The molecule has 9 rings (SSSR count). The Morgan fingerprint density at radius 3 is 0.713 bits per heavy atom. The first-order valence-corrected chi connectivity index (χ1v) is 37.1. The minimum Gasteiger partial charge on any atom is -0.872 e. The number of benzene rings is 4. The second kappa shape index (κ2) is 38.2. The van der Waals surface area contributed by atoms with Crippen molar-refractivity contribution in [2.75, 3.05) is 52.6 Å². The molecule has 0 radical (unpaired) electrons. The average molecular weight is 1650 g/mol. The first-order valence-electron chi connectivity index (χ1n) is 31.6. The Hall–Kier alpha value is -3.68. The topological polar surface area (TPSA) is 671 Å². The molecule has 16 N–H and O–H groups in total. The average Bonchev–Trinajstić information content (AvgIpc) is 0.897. The minimum absolute atomic E-state index is 0. The molecule has 4 fully saturated rings. The third kappa shape index (κ3) is 22.4. The Morgan fingerprint density at radius 2 is 0.519 bits per heavy atom. The predicted octanol–water partition coefficient (Wildman–Crippen LogP) is -15.4. The summed E-state index contributed by atoms with van der Waals surface area (Å²) in [5.41, 5.74) is -10.6. The number of hydrogen-bond acceptors (Lipinski definition) is 32. The van der Waals surface area contributed by atoms with Gasteiger partial charge in [-0.15, -0.1) is 23.0 Å². The molecule has 8 bridgehead atoms. The molecule has 4 aromatic carbocycles. The van der Waals surface area contributed by atoms with Crippen molar-refractivity contribution in [1.82, 2.24) is 19.6 Å². The zero-order valence-electron chi connectivity index (χ0n) is 58.1. The maximum atomic E-state index is 16.0. The SMILES string of the molecule is O=C(O)[C@H]1C[C@H](O)CN1Cc1c([O-])c2cc(c1[O-])C(CCOS(=O)(=O)O)c1cc(c(O)c(CN3C[C@@H](O)C[C@@H]3C(=O)O)c1O)C(CCOS(=O)(=O)O)c1cc(c(O)c(CN3C[C@@H](O)C[C@@H]3C(=O)O)c1O)C(CCOS(=O)(=O)O)c1cc(c([O-])c(CN3C[C@@H](O)C[C@@H]3C(=O)O)c1[O-])C2CCOS(=O)(=O)O.[Na+].[Na+].[Na+].[Na+]. The number of fused-ring (bicyclic) bond motifs is 8. The van der Waals surface area contributed by atoms with Gasteiger partial charge in [0.2, 0.25) is 0 Å². The first kappa shape index (κ1) is 94.9. The van der Waals surface area contributed by atoms with E-state index in [1.807, 2.05) is 0 Å². The van der Waals surface area contributed by atoms with Crippen LogP contribution in [0.2, 0.25) is 0 Å². The van der Waals surface area contributed by atoms with Gasteiger partial charge in [-0.25, -0.2) is 16.7 Å². The molecule has 0 amide bonds. The molecule has 576 valence electrons. The number of rotatable bonds is 28. The van der Waals surface area contributed by atoms with Crippen LogP contribution in [0.1, 0.15) is 142 Å². The minimum atomic E-state index is -5.59. The molecule has 4 heterocycles. The molecule has 0 aromatic heterocycles. The molecule has 5 aliphatic rings. The van der Waals surface area contributed by atoms with Crippen LogP contribution in [0.3, 0.4) is 0 Å². The van der Waals surface area contributed by atoms with Gasteiger partial charge >= 0.3 is 184 Å². The van der Waals surface area contributed by atoms with Gasteiger partial charge in [0, 0.05) is 124 Å². The van der Waals surface area contributed by atoms with Gasteiger partial charge in [-0.1, -0.05) is 12.1 Å². The number of hydrogen-bond donors (Lipinski definition) is 16. The fourth-order valence-corrected chi connectivity index (χ4v) is 16.0. The molecule has 0 spiro atoms. The van der Waals surface area contributed by atoms with E-state index >= 15 is 20.4 Å². The third-order valence-electron chi connectivity index (χ3n) is 19.3. The summed E-state index contributed by atoms with van der Waals surface area (Å²) >= 11 is 0. The number of aliphatic hydroxyl groups is 4. The number of aromatic hydroxyl groups is 4. The largest absolute Gasteiger partial charge is 1.00 e. The molecule has 10 atom stereocenters. The number of carboxylic acids is 4. The normalized spacial score (nSPS) is 24.3. The number of carboxylic acid groups (broad SMARTS) is 4. The summed E-state index contributed by atoms with van der Waals surface area (Å²) in [5, 5.41) is 201. The first-order chi connectivity index (χ1) is 48.3. The van der Waals surface area contributed by atoms with Crippen molar-refractivity contribution < 1.29 is 288 Å². The fourth-order valence-electron chi connectivity index (χ4n) is 14.8. The maximum Gasteiger partial charge on any atom is 1.00 e. The number of β-amino-alcohol motifs (C(OH)–C–C–N with tert-alkyl or cyclic N) is 4. The smallest absolute Gasteiger partial charge is 0.872 e. The molecule has 4 aliphatic heterocycles. The van der Waals surface area contributed by atoms with Crippen LogP contribution in [0.25, 0.3) is 0 Å².